The van der Waals surface area contributed by atoms with Crippen molar-refractivity contribution in [2.75, 3.05) is 27.4 Å². The quantitative estimate of drug-likeness (QED) is 0.169. The molecule has 0 radical (unpaired) electrons. The summed E-state index contributed by atoms with van der Waals surface area (Å²) in [5, 5.41) is 1.97. The zero-order valence-electron chi connectivity index (χ0n) is 25.7. The van der Waals surface area contributed by atoms with Gasteiger partial charge in [0.05, 0.1) is 47.7 Å². The van der Waals surface area contributed by atoms with Gasteiger partial charge in [0.15, 0.2) is 4.80 Å². The molecule has 0 amide bonds. The number of hydrogen-bond donors (Lipinski definition) is 0. The van der Waals surface area contributed by atoms with Crippen LogP contribution in [-0.4, -0.2) is 38.0 Å². The number of methoxy groups -OCH3 is 2. The molecule has 1 aliphatic rings. The van der Waals surface area contributed by atoms with Crippen LogP contribution >= 0.6 is 27.3 Å². The van der Waals surface area contributed by atoms with Crippen molar-refractivity contribution in [2.45, 2.75) is 19.9 Å². The van der Waals surface area contributed by atoms with E-state index in [1.54, 1.807) is 24.7 Å². The minimum atomic E-state index is -0.927. The van der Waals surface area contributed by atoms with Crippen LogP contribution in [0.15, 0.2) is 98.7 Å². The summed E-state index contributed by atoms with van der Waals surface area (Å²) < 4.78 is 25.6. The van der Waals surface area contributed by atoms with Crippen LogP contribution < -0.4 is 29.1 Å². The monoisotopic (exact) mass is 698 g/mol. The number of benzene rings is 4. The maximum atomic E-state index is 14.6. The number of hydrogen-bond acceptors (Lipinski definition) is 8. The summed E-state index contributed by atoms with van der Waals surface area (Å²) in [5.41, 5.74) is 2.40. The highest BCUT2D eigenvalue weighted by atomic mass is 79.9. The molecule has 8 nitrogen and oxygen atoms in total. The van der Waals surface area contributed by atoms with Crippen molar-refractivity contribution in [2.24, 2.45) is 4.99 Å². The van der Waals surface area contributed by atoms with Crippen molar-refractivity contribution in [1.82, 2.24) is 4.57 Å². The summed E-state index contributed by atoms with van der Waals surface area (Å²) in [6.45, 7) is 4.28. The molecule has 10 heteroatoms. The smallest absolute Gasteiger partial charge is 0.338 e. The first-order valence-electron chi connectivity index (χ1n) is 14.7. The van der Waals surface area contributed by atoms with E-state index in [0.29, 0.717) is 54.5 Å². The predicted molar refractivity (Wildman–Crippen MR) is 183 cm³/mol. The lowest BCUT2D eigenvalue weighted by Crippen LogP contribution is -2.40. The lowest BCUT2D eigenvalue weighted by Gasteiger charge is -2.27. The molecule has 0 spiro atoms. The van der Waals surface area contributed by atoms with Gasteiger partial charge in [-0.05, 0) is 58.8 Å². The number of fused-ring (bicyclic) bond motifs is 2. The fourth-order valence-corrected chi connectivity index (χ4v) is 7.17. The Bertz CT molecular complexity index is 2170. The molecular weight excluding hydrogens is 668 g/mol. The van der Waals surface area contributed by atoms with Gasteiger partial charge in [0.25, 0.3) is 5.56 Å². The summed E-state index contributed by atoms with van der Waals surface area (Å²) >= 11 is 4.85. The second-order valence-electron chi connectivity index (χ2n) is 10.3. The highest BCUT2D eigenvalue weighted by molar-refractivity contribution is 9.10. The van der Waals surface area contributed by atoms with Crippen LogP contribution in [0.25, 0.3) is 22.5 Å². The van der Waals surface area contributed by atoms with Crippen LogP contribution in [-0.2, 0) is 9.53 Å². The van der Waals surface area contributed by atoms with E-state index in [2.05, 4.69) is 15.9 Å². The van der Waals surface area contributed by atoms with E-state index in [-0.39, 0.29) is 17.7 Å². The molecule has 5 aromatic rings. The van der Waals surface area contributed by atoms with Crippen LogP contribution in [0.3, 0.4) is 0 Å². The zero-order valence-corrected chi connectivity index (χ0v) is 28.1. The summed E-state index contributed by atoms with van der Waals surface area (Å²) in [6.07, 6.45) is 1.85. The highest BCUT2D eigenvalue weighted by Gasteiger charge is 2.37. The summed E-state index contributed by atoms with van der Waals surface area (Å²) in [4.78, 5) is 33.9. The summed E-state index contributed by atoms with van der Waals surface area (Å²) in [6, 6.07) is 23.9. The zero-order chi connectivity index (χ0) is 32.4. The number of ether oxygens (including phenoxy) is 4. The van der Waals surface area contributed by atoms with Crippen LogP contribution in [0.5, 0.6) is 17.2 Å². The number of thiazole rings is 1. The number of halogens is 1. The van der Waals surface area contributed by atoms with Crippen molar-refractivity contribution in [3.63, 3.8) is 0 Å². The van der Waals surface area contributed by atoms with Crippen molar-refractivity contribution < 1.29 is 23.7 Å². The summed E-state index contributed by atoms with van der Waals surface area (Å²) in [5.74, 6) is 1.06. The van der Waals surface area contributed by atoms with Crippen LogP contribution in [0.2, 0.25) is 0 Å². The SMILES string of the molecule is CCOC(=O)C1=C(c2ccccc2)N=c2sc(=Cc3c(OCC)ccc4ccccc34)c(=O)n2C1c1cc(Br)c(OC)cc1OC. The topological polar surface area (TPSA) is 88.4 Å². The Labute approximate surface area is 278 Å². The van der Waals surface area contributed by atoms with Crippen LogP contribution in [0, 0.1) is 0 Å². The molecule has 46 heavy (non-hydrogen) atoms. The first-order chi connectivity index (χ1) is 22.4. The Morgan fingerprint density at radius 3 is 2.39 bits per heavy atom. The van der Waals surface area contributed by atoms with Crippen LogP contribution in [0.4, 0.5) is 0 Å². The largest absolute Gasteiger partial charge is 0.496 e. The van der Waals surface area contributed by atoms with Crippen molar-refractivity contribution >= 4 is 55.8 Å². The molecule has 1 aliphatic heterocycles. The van der Waals surface area contributed by atoms with Gasteiger partial charge in [0.1, 0.15) is 23.3 Å². The number of carbonyl (C=O) groups excluding carboxylic acids is 1. The van der Waals surface area contributed by atoms with Gasteiger partial charge in [-0.1, -0.05) is 72.0 Å². The minimum absolute atomic E-state index is 0.145. The minimum Gasteiger partial charge on any atom is -0.496 e. The number of rotatable bonds is 9. The fourth-order valence-electron chi connectivity index (χ4n) is 5.67. The number of nitrogens with zero attached hydrogens (tertiary/aromatic N) is 2. The molecule has 0 fully saturated rings. The van der Waals surface area contributed by atoms with E-state index in [0.717, 1.165) is 16.3 Å². The number of esters is 1. The van der Waals surface area contributed by atoms with Gasteiger partial charge >= 0.3 is 5.97 Å². The molecule has 4 aromatic carbocycles. The molecule has 2 heterocycles. The van der Waals surface area contributed by atoms with Gasteiger partial charge in [-0.25, -0.2) is 9.79 Å². The Morgan fingerprint density at radius 1 is 0.935 bits per heavy atom. The van der Waals surface area contributed by atoms with Gasteiger partial charge in [0.2, 0.25) is 0 Å². The van der Waals surface area contributed by atoms with E-state index >= 15 is 0 Å². The normalized spacial score (nSPS) is 14.5. The lowest BCUT2D eigenvalue weighted by atomic mass is 9.92. The molecule has 0 N–H and O–H groups in total. The fraction of sp³-hybridized carbons (Fsp3) is 0.194. The molecule has 1 unspecified atom stereocenters. The average Bonchev–Trinajstić information content (AvgIpc) is 3.39. The predicted octanol–water partition coefficient (Wildman–Crippen LogP) is 6.27. The second kappa shape index (κ2) is 13.4. The third-order valence-electron chi connectivity index (χ3n) is 7.68. The Balaban J connectivity index is 1.72. The first kappa shape index (κ1) is 31.3. The molecule has 6 rings (SSSR count). The third kappa shape index (κ3) is 5.63. The second-order valence-corrected chi connectivity index (χ2v) is 12.2. The molecule has 0 saturated heterocycles. The van der Waals surface area contributed by atoms with E-state index in [1.807, 2.05) is 85.8 Å². The van der Waals surface area contributed by atoms with Crippen molar-refractivity contribution in [1.29, 1.82) is 0 Å². The summed E-state index contributed by atoms with van der Waals surface area (Å²) in [7, 11) is 3.10. The highest BCUT2D eigenvalue weighted by Crippen LogP contribution is 2.42. The maximum absolute atomic E-state index is 14.6. The Morgan fingerprint density at radius 2 is 1.67 bits per heavy atom. The van der Waals surface area contributed by atoms with Gasteiger partial charge in [-0.2, -0.15) is 0 Å². The Hall–Kier alpha value is -4.67. The maximum Gasteiger partial charge on any atom is 0.338 e. The van der Waals surface area contributed by atoms with Crippen LogP contribution in [0.1, 0.15) is 36.6 Å². The first-order valence-corrected chi connectivity index (χ1v) is 16.4. The van der Waals surface area contributed by atoms with Gasteiger partial charge in [0, 0.05) is 22.8 Å². The molecule has 0 aliphatic carbocycles. The molecular formula is C36H31BrN2O6S. The number of aromatic nitrogens is 1. The molecule has 0 bridgehead atoms. The van der Waals surface area contributed by atoms with E-state index in [9.17, 15) is 9.59 Å². The van der Waals surface area contributed by atoms with Gasteiger partial charge in [-0.15, -0.1) is 0 Å². The number of carbonyl (C=O) groups is 1. The van der Waals surface area contributed by atoms with E-state index in [4.69, 9.17) is 23.9 Å². The van der Waals surface area contributed by atoms with Crippen molar-refractivity contribution in [3.05, 3.63) is 125 Å². The van der Waals surface area contributed by atoms with E-state index < -0.39 is 12.0 Å². The molecule has 0 saturated carbocycles. The van der Waals surface area contributed by atoms with E-state index in [1.165, 1.54) is 18.4 Å². The van der Waals surface area contributed by atoms with Crippen molar-refractivity contribution in [3.8, 4) is 17.2 Å². The van der Waals surface area contributed by atoms with Gasteiger partial charge < -0.3 is 18.9 Å². The standard InChI is InChI=1S/C36H31BrN2O6S/c1-5-44-27-17-16-21-12-10-11-15-23(21)24(27)19-30-34(40)39-33(25-18-26(37)29(43-4)20-28(25)42-3)31(35(41)45-6-2)32(38-36(39)46-30)22-13-8-7-9-14-22/h7-20,33H,5-6H2,1-4H3. The Kier molecular flexibility index (Phi) is 9.10. The average molecular weight is 700 g/mol. The van der Waals surface area contributed by atoms with Gasteiger partial charge in [-0.3, -0.25) is 9.36 Å². The third-order valence-corrected chi connectivity index (χ3v) is 9.28. The molecule has 1 aromatic heterocycles. The lowest BCUT2D eigenvalue weighted by molar-refractivity contribution is -0.138. The molecule has 234 valence electrons. The molecule has 1 atom stereocenters.